The Morgan fingerprint density at radius 2 is 2.11 bits per heavy atom. The van der Waals surface area contributed by atoms with Crippen molar-refractivity contribution < 1.29 is 13.2 Å². The van der Waals surface area contributed by atoms with Gasteiger partial charge in [-0.15, -0.1) is 5.10 Å². The highest BCUT2D eigenvalue weighted by atomic mass is 79.9. The van der Waals surface area contributed by atoms with Crippen LogP contribution in [0.2, 0.25) is 0 Å². The van der Waals surface area contributed by atoms with Crippen molar-refractivity contribution in [3.8, 4) is 0 Å². The van der Waals surface area contributed by atoms with Crippen LogP contribution in [0.25, 0.3) is 0 Å². The summed E-state index contributed by atoms with van der Waals surface area (Å²) in [6.45, 7) is 0. The zero-order valence-electron chi connectivity index (χ0n) is 10.5. The standard InChI is InChI=1S/C11H16BrF3N4/c1-19-9(10(12)17-18-19)8(16)6-3-2-4-7(5-6)11(13,14)15/h6-8H,2-5,16H2,1H3. The molecule has 8 heteroatoms. The molecule has 2 N–H and O–H groups in total. The Labute approximate surface area is 117 Å². The number of aryl methyl sites for hydroxylation is 1. The fourth-order valence-electron chi connectivity index (χ4n) is 2.77. The summed E-state index contributed by atoms with van der Waals surface area (Å²) >= 11 is 3.24. The van der Waals surface area contributed by atoms with E-state index < -0.39 is 18.1 Å². The van der Waals surface area contributed by atoms with E-state index in [1.54, 1.807) is 7.05 Å². The van der Waals surface area contributed by atoms with Gasteiger partial charge in [0.25, 0.3) is 0 Å². The van der Waals surface area contributed by atoms with E-state index in [9.17, 15) is 13.2 Å². The van der Waals surface area contributed by atoms with Crippen LogP contribution in [0.3, 0.4) is 0 Å². The molecular weight excluding hydrogens is 325 g/mol. The Bertz CT molecular complexity index is 426. The Morgan fingerprint density at radius 3 is 2.63 bits per heavy atom. The molecule has 1 aromatic rings. The van der Waals surface area contributed by atoms with E-state index in [-0.39, 0.29) is 18.8 Å². The van der Waals surface area contributed by atoms with E-state index in [4.69, 9.17) is 5.73 Å². The van der Waals surface area contributed by atoms with Crippen LogP contribution >= 0.6 is 15.9 Å². The minimum Gasteiger partial charge on any atom is -0.322 e. The number of nitrogens with two attached hydrogens (primary N) is 1. The molecule has 19 heavy (non-hydrogen) atoms. The summed E-state index contributed by atoms with van der Waals surface area (Å²) in [7, 11) is 1.69. The lowest BCUT2D eigenvalue weighted by Gasteiger charge is -2.33. The third kappa shape index (κ3) is 3.10. The second-order valence-corrected chi connectivity index (χ2v) is 5.83. The topological polar surface area (TPSA) is 56.7 Å². The first-order valence-electron chi connectivity index (χ1n) is 6.18. The first kappa shape index (κ1) is 14.8. The molecule has 1 saturated carbocycles. The van der Waals surface area contributed by atoms with E-state index >= 15 is 0 Å². The lowest BCUT2D eigenvalue weighted by molar-refractivity contribution is -0.186. The smallest absolute Gasteiger partial charge is 0.322 e. The van der Waals surface area contributed by atoms with Gasteiger partial charge in [-0.1, -0.05) is 11.6 Å². The van der Waals surface area contributed by atoms with Crippen molar-refractivity contribution in [2.24, 2.45) is 24.6 Å². The van der Waals surface area contributed by atoms with Crippen molar-refractivity contribution in [3.05, 3.63) is 10.3 Å². The lowest BCUT2D eigenvalue weighted by Crippen LogP contribution is -2.34. The number of hydrogen-bond donors (Lipinski definition) is 1. The van der Waals surface area contributed by atoms with Crippen molar-refractivity contribution in [1.82, 2.24) is 15.0 Å². The molecule has 0 radical (unpaired) electrons. The molecule has 2 rings (SSSR count). The van der Waals surface area contributed by atoms with Gasteiger partial charge < -0.3 is 5.73 Å². The lowest BCUT2D eigenvalue weighted by atomic mass is 9.77. The summed E-state index contributed by atoms with van der Waals surface area (Å²) in [5.41, 5.74) is 6.78. The fourth-order valence-corrected chi connectivity index (χ4v) is 3.36. The Morgan fingerprint density at radius 1 is 1.42 bits per heavy atom. The molecule has 1 aromatic heterocycles. The molecule has 0 aromatic carbocycles. The highest BCUT2D eigenvalue weighted by Gasteiger charge is 2.43. The third-order valence-corrected chi connectivity index (χ3v) is 4.39. The van der Waals surface area contributed by atoms with Gasteiger partial charge in [-0.25, -0.2) is 4.68 Å². The summed E-state index contributed by atoms with van der Waals surface area (Å²) < 4.78 is 40.4. The molecule has 1 fully saturated rings. The second-order valence-electron chi connectivity index (χ2n) is 5.08. The molecule has 0 saturated heterocycles. The van der Waals surface area contributed by atoms with Gasteiger partial charge in [0, 0.05) is 7.05 Å². The molecule has 0 bridgehead atoms. The Balaban J connectivity index is 2.14. The van der Waals surface area contributed by atoms with E-state index in [0.717, 1.165) is 0 Å². The molecular formula is C11H16BrF3N4. The number of rotatable bonds is 2. The maximum atomic E-state index is 12.8. The van der Waals surface area contributed by atoms with Crippen molar-refractivity contribution >= 4 is 15.9 Å². The van der Waals surface area contributed by atoms with E-state index in [0.29, 0.717) is 23.1 Å². The second kappa shape index (κ2) is 5.40. The minimum atomic E-state index is -4.12. The van der Waals surface area contributed by atoms with Gasteiger partial charge in [-0.3, -0.25) is 0 Å². The van der Waals surface area contributed by atoms with Crippen LogP contribution in [-0.2, 0) is 7.05 Å². The molecule has 3 atom stereocenters. The van der Waals surface area contributed by atoms with Gasteiger partial charge in [-0.05, 0) is 41.1 Å². The molecule has 1 aliphatic carbocycles. The van der Waals surface area contributed by atoms with Gasteiger partial charge in [0.15, 0.2) is 4.60 Å². The zero-order valence-corrected chi connectivity index (χ0v) is 12.1. The van der Waals surface area contributed by atoms with Crippen LogP contribution in [0.1, 0.15) is 37.4 Å². The monoisotopic (exact) mass is 340 g/mol. The molecule has 3 unspecified atom stereocenters. The largest absolute Gasteiger partial charge is 0.391 e. The van der Waals surface area contributed by atoms with Crippen molar-refractivity contribution in [3.63, 3.8) is 0 Å². The predicted octanol–water partition coefficient (Wildman–Crippen LogP) is 2.95. The number of hydrogen-bond acceptors (Lipinski definition) is 3. The normalized spacial score (nSPS) is 26.4. The minimum absolute atomic E-state index is 0.0856. The fraction of sp³-hybridized carbons (Fsp3) is 0.818. The van der Waals surface area contributed by atoms with Crippen molar-refractivity contribution in [1.29, 1.82) is 0 Å². The van der Waals surface area contributed by atoms with Crippen LogP contribution in [0.4, 0.5) is 13.2 Å². The van der Waals surface area contributed by atoms with Gasteiger partial charge >= 0.3 is 6.18 Å². The van der Waals surface area contributed by atoms with Crippen LogP contribution in [0, 0.1) is 11.8 Å². The highest BCUT2D eigenvalue weighted by molar-refractivity contribution is 9.10. The molecule has 1 aliphatic rings. The molecule has 108 valence electrons. The van der Waals surface area contributed by atoms with Crippen LogP contribution in [0.15, 0.2) is 4.60 Å². The van der Waals surface area contributed by atoms with E-state index in [2.05, 4.69) is 26.2 Å². The van der Waals surface area contributed by atoms with Gasteiger partial charge in [0.05, 0.1) is 17.7 Å². The maximum Gasteiger partial charge on any atom is 0.391 e. The summed E-state index contributed by atoms with van der Waals surface area (Å²) in [5, 5.41) is 7.64. The van der Waals surface area contributed by atoms with Gasteiger partial charge in [-0.2, -0.15) is 13.2 Å². The molecule has 4 nitrogen and oxygen atoms in total. The van der Waals surface area contributed by atoms with E-state index in [1.165, 1.54) is 4.68 Å². The van der Waals surface area contributed by atoms with Crippen molar-refractivity contribution in [2.75, 3.05) is 0 Å². The van der Waals surface area contributed by atoms with Crippen LogP contribution in [-0.4, -0.2) is 21.2 Å². The quantitative estimate of drug-likeness (QED) is 0.900. The first-order valence-corrected chi connectivity index (χ1v) is 6.97. The van der Waals surface area contributed by atoms with Gasteiger partial charge in [0.2, 0.25) is 0 Å². The van der Waals surface area contributed by atoms with Crippen LogP contribution < -0.4 is 5.73 Å². The summed E-state index contributed by atoms with van der Waals surface area (Å²) in [6.07, 6.45) is -2.56. The average molecular weight is 341 g/mol. The third-order valence-electron chi connectivity index (χ3n) is 3.83. The molecule has 0 amide bonds. The molecule has 1 heterocycles. The predicted molar refractivity (Wildman–Crippen MR) is 67.1 cm³/mol. The van der Waals surface area contributed by atoms with E-state index in [1.807, 2.05) is 0 Å². The molecule has 0 aliphatic heterocycles. The van der Waals surface area contributed by atoms with Crippen LogP contribution in [0.5, 0.6) is 0 Å². The number of alkyl halides is 3. The number of aromatic nitrogens is 3. The first-order chi connectivity index (χ1) is 8.80. The summed E-state index contributed by atoms with van der Waals surface area (Å²) in [6, 6.07) is -0.473. The zero-order chi connectivity index (χ0) is 14.2. The maximum absolute atomic E-state index is 12.8. The summed E-state index contributed by atoms with van der Waals surface area (Å²) in [5.74, 6) is -1.42. The van der Waals surface area contributed by atoms with Gasteiger partial charge in [0.1, 0.15) is 0 Å². The Hall–Kier alpha value is -0.630. The number of nitrogens with zero attached hydrogens (tertiary/aromatic N) is 3. The highest BCUT2D eigenvalue weighted by Crippen LogP contribution is 2.43. The van der Waals surface area contributed by atoms with Crippen molar-refractivity contribution in [2.45, 2.75) is 37.9 Å². The number of halogens is 4. The average Bonchev–Trinajstić information content (AvgIpc) is 2.67. The summed E-state index contributed by atoms with van der Waals surface area (Å²) in [4.78, 5) is 0. The SMILES string of the molecule is Cn1nnc(Br)c1C(N)C1CCCC(C(F)(F)F)C1. The Kier molecular flexibility index (Phi) is 4.20. The molecule has 0 spiro atoms.